The van der Waals surface area contributed by atoms with E-state index in [9.17, 15) is 10.1 Å². The standard InChI is InChI=1S/C20H15ClN4O3S/c1-2-28-14-6-3-12(4-7-14)15-10-29-20-18(15)19(22-11-23-20)24-17-8-5-13(25(26)27)9-16(17)21/h3-11H,2H2,1H3,(H,22,23,24). The van der Waals surface area contributed by atoms with Crippen LogP contribution >= 0.6 is 22.9 Å². The maximum absolute atomic E-state index is 10.9. The summed E-state index contributed by atoms with van der Waals surface area (Å²) in [5.41, 5.74) is 2.45. The number of nitrogens with zero attached hydrogens (tertiary/aromatic N) is 3. The molecule has 0 aliphatic rings. The van der Waals surface area contributed by atoms with Gasteiger partial charge in [0.05, 0.1) is 27.6 Å². The Kier molecular flexibility index (Phi) is 5.28. The van der Waals surface area contributed by atoms with Gasteiger partial charge in [0.25, 0.3) is 5.69 Å². The predicted molar refractivity (Wildman–Crippen MR) is 115 cm³/mol. The van der Waals surface area contributed by atoms with Crippen LogP contribution in [0, 0.1) is 10.1 Å². The summed E-state index contributed by atoms with van der Waals surface area (Å²) in [4.78, 5) is 20.0. The lowest BCUT2D eigenvalue weighted by atomic mass is 10.1. The highest BCUT2D eigenvalue weighted by Gasteiger charge is 2.15. The lowest BCUT2D eigenvalue weighted by Crippen LogP contribution is -1.97. The molecule has 0 unspecified atom stereocenters. The number of ether oxygens (including phenoxy) is 1. The molecule has 0 bridgehead atoms. The molecule has 2 heterocycles. The molecule has 0 saturated heterocycles. The van der Waals surface area contributed by atoms with Crippen molar-refractivity contribution >= 4 is 50.3 Å². The third kappa shape index (κ3) is 3.85. The third-order valence-corrected chi connectivity index (χ3v) is 5.46. The van der Waals surface area contributed by atoms with Gasteiger partial charge >= 0.3 is 0 Å². The van der Waals surface area contributed by atoms with Gasteiger partial charge in [-0.05, 0) is 30.7 Å². The van der Waals surface area contributed by atoms with Crippen molar-refractivity contribution in [3.63, 3.8) is 0 Å². The number of thiophene rings is 1. The van der Waals surface area contributed by atoms with Gasteiger partial charge < -0.3 is 10.1 Å². The lowest BCUT2D eigenvalue weighted by molar-refractivity contribution is -0.384. The Hall–Kier alpha value is -3.23. The highest BCUT2D eigenvalue weighted by atomic mass is 35.5. The van der Waals surface area contributed by atoms with Crippen LogP contribution in [0.1, 0.15) is 6.92 Å². The van der Waals surface area contributed by atoms with E-state index in [4.69, 9.17) is 16.3 Å². The molecule has 0 amide bonds. The number of nitro groups is 1. The average molecular weight is 427 g/mol. The van der Waals surface area contributed by atoms with Gasteiger partial charge in [0.2, 0.25) is 0 Å². The predicted octanol–water partition coefficient (Wildman–Crippen LogP) is 6.06. The molecule has 0 aliphatic carbocycles. The first-order chi connectivity index (χ1) is 14.1. The number of benzene rings is 2. The second kappa shape index (κ2) is 8.02. The fourth-order valence-corrected chi connectivity index (χ4v) is 4.06. The molecule has 0 atom stereocenters. The Morgan fingerprint density at radius 3 is 2.69 bits per heavy atom. The molecule has 2 aromatic carbocycles. The molecule has 9 heteroatoms. The summed E-state index contributed by atoms with van der Waals surface area (Å²) in [5.74, 6) is 1.39. The van der Waals surface area contributed by atoms with E-state index in [1.54, 1.807) is 6.07 Å². The number of hydrogen-bond donors (Lipinski definition) is 1. The summed E-state index contributed by atoms with van der Waals surface area (Å²) in [7, 11) is 0. The lowest BCUT2D eigenvalue weighted by Gasteiger charge is -2.10. The maximum atomic E-state index is 10.9. The van der Waals surface area contributed by atoms with Gasteiger partial charge in [-0.1, -0.05) is 23.7 Å². The van der Waals surface area contributed by atoms with E-state index in [0.717, 1.165) is 27.1 Å². The van der Waals surface area contributed by atoms with Crippen molar-refractivity contribution in [3.05, 3.63) is 69.3 Å². The van der Waals surface area contributed by atoms with E-state index in [1.807, 2.05) is 36.6 Å². The van der Waals surface area contributed by atoms with Crippen molar-refractivity contribution in [1.82, 2.24) is 9.97 Å². The first-order valence-electron chi connectivity index (χ1n) is 8.73. The van der Waals surface area contributed by atoms with E-state index >= 15 is 0 Å². The number of anilines is 2. The maximum Gasteiger partial charge on any atom is 0.271 e. The summed E-state index contributed by atoms with van der Waals surface area (Å²) < 4.78 is 5.51. The number of non-ortho nitro benzene ring substituents is 1. The Morgan fingerprint density at radius 2 is 2.00 bits per heavy atom. The van der Waals surface area contributed by atoms with Gasteiger partial charge in [0.1, 0.15) is 22.7 Å². The number of aromatic nitrogens is 2. The molecular weight excluding hydrogens is 412 g/mol. The van der Waals surface area contributed by atoms with Gasteiger partial charge in [-0.3, -0.25) is 10.1 Å². The normalized spacial score (nSPS) is 10.8. The van der Waals surface area contributed by atoms with Gasteiger partial charge in [0, 0.05) is 23.1 Å². The van der Waals surface area contributed by atoms with E-state index in [1.165, 1.54) is 29.8 Å². The van der Waals surface area contributed by atoms with Gasteiger partial charge in [0.15, 0.2) is 0 Å². The van der Waals surface area contributed by atoms with E-state index in [2.05, 4.69) is 15.3 Å². The molecule has 0 saturated carbocycles. The number of halogens is 1. The second-order valence-electron chi connectivity index (χ2n) is 6.06. The van der Waals surface area contributed by atoms with Gasteiger partial charge in [-0.2, -0.15) is 0 Å². The topological polar surface area (TPSA) is 90.2 Å². The van der Waals surface area contributed by atoms with Crippen LogP contribution in [0.4, 0.5) is 17.2 Å². The van der Waals surface area contributed by atoms with E-state index < -0.39 is 4.92 Å². The van der Waals surface area contributed by atoms with Gasteiger partial charge in [-0.15, -0.1) is 11.3 Å². The van der Waals surface area contributed by atoms with Crippen LogP contribution in [0.5, 0.6) is 5.75 Å². The van der Waals surface area contributed by atoms with Crippen LogP contribution in [0.3, 0.4) is 0 Å². The van der Waals surface area contributed by atoms with Crippen molar-refractivity contribution in [3.8, 4) is 16.9 Å². The zero-order valence-electron chi connectivity index (χ0n) is 15.3. The second-order valence-corrected chi connectivity index (χ2v) is 7.32. The monoisotopic (exact) mass is 426 g/mol. The minimum Gasteiger partial charge on any atom is -0.494 e. The number of nitro benzene ring substituents is 1. The summed E-state index contributed by atoms with van der Waals surface area (Å²) >= 11 is 7.74. The third-order valence-electron chi connectivity index (χ3n) is 4.26. The van der Waals surface area contributed by atoms with Gasteiger partial charge in [-0.25, -0.2) is 9.97 Å². The molecule has 1 N–H and O–H groups in total. The molecule has 0 radical (unpaired) electrons. The summed E-state index contributed by atoms with van der Waals surface area (Å²) in [6, 6.07) is 12.1. The molecular formula is C20H15ClN4O3S. The Balaban J connectivity index is 1.74. The molecule has 0 spiro atoms. The van der Waals surface area contributed by atoms with Crippen molar-refractivity contribution < 1.29 is 9.66 Å². The molecule has 2 aromatic heterocycles. The number of fused-ring (bicyclic) bond motifs is 1. The van der Waals surface area contributed by atoms with Crippen molar-refractivity contribution in [2.24, 2.45) is 0 Å². The number of hydrogen-bond acceptors (Lipinski definition) is 7. The molecule has 0 fully saturated rings. The van der Waals surface area contributed by atoms with Crippen molar-refractivity contribution in [2.45, 2.75) is 6.92 Å². The Bertz CT molecular complexity index is 1190. The minimum absolute atomic E-state index is 0.0704. The Labute approximate surface area is 175 Å². The Morgan fingerprint density at radius 1 is 1.21 bits per heavy atom. The average Bonchev–Trinajstić information content (AvgIpc) is 3.15. The van der Waals surface area contributed by atoms with E-state index in [0.29, 0.717) is 18.1 Å². The fourth-order valence-electron chi connectivity index (χ4n) is 2.93. The van der Waals surface area contributed by atoms with Crippen LogP contribution in [0.25, 0.3) is 21.3 Å². The molecule has 4 aromatic rings. The summed E-state index contributed by atoms with van der Waals surface area (Å²) in [6.07, 6.45) is 1.47. The highest BCUT2D eigenvalue weighted by molar-refractivity contribution is 7.17. The molecule has 7 nitrogen and oxygen atoms in total. The first-order valence-corrected chi connectivity index (χ1v) is 9.99. The zero-order chi connectivity index (χ0) is 20.4. The summed E-state index contributed by atoms with van der Waals surface area (Å²) in [5, 5.41) is 17.2. The molecule has 0 aliphatic heterocycles. The van der Waals surface area contributed by atoms with E-state index in [-0.39, 0.29) is 10.7 Å². The quantitative estimate of drug-likeness (QED) is 0.297. The summed E-state index contributed by atoms with van der Waals surface area (Å²) in [6.45, 7) is 2.55. The number of rotatable bonds is 6. The minimum atomic E-state index is -0.485. The van der Waals surface area contributed by atoms with Crippen molar-refractivity contribution in [1.29, 1.82) is 0 Å². The molecule has 4 rings (SSSR count). The highest BCUT2D eigenvalue weighted by Crippen LogP contribution is 2.39. The SMILES string of the molecule is CCOc1ccc(-c2csc3ncnc(Nc4ccc([N+](=O)[O-])cc4Cl)c23)cc1. The van der Waals surface area contributed by atoms with Crippen LogP contribution in [-0.2, 0) is 0 Å². The fraction of sp³-hybridized carbons (Fsp3) is 0.100. The molecule has 146 valence electrons. The molecule has 29 heavy (non-hydrogen) atoms. The van der Waals surface area contributed by atoms with Crippen LogP contribution in [0.15, 0.2) is 54.2 Å². The van der Waals surface area contributed by atoms with Crippen LogP contribution in [-0.4, -0.2) is 21.5 Å². The number of nitrogens with one attached hydrogen (secondary N) is 1. The largest absolute Gasteiger partial charge is 0.494 e. The first kappa shape index (κ1) is 19.1. The van der Waals surface area contributed by atoms with Crippen LogP contribution in [0.2, 0.25) is 5.02 Å². The van der Waals surface area contributed by atoms with Crippen LogP contribution < -0.4 is 10.1 Å². The smallest absolute Gasteiger partial charge is 0.271 e. The van der Waals surface area contributed by atoms with Crippen molar-refractivity contribution in [2.75, 3.05) is 11.9 Å². The zero-order valence-corrected chi connectivity index (χ0v) is 16.8.